The van der Waals surface area contributed by atoms with Crippen molar-refractivity contribution in [3.05, 3.63) is 71.7 Å². The number of nitrogens with zero attached hydrogens (tertiary/aromatic N) is 2. The van der Waals surface area contributed by atoms with E-state index in [-0.39, 0.29) is 11.7 Å². The van der Waals surface area contributed by atoms with Crippen molar-refractivity contribution in [2.75, 3.05) is 10.8 Å². The van der Waals surface area contributed by atoms with E-state index in [1.165, 1.54) is 11.3 Å². The Bertz CT molecular complexity index is 719. The largest absolute Gasteiger partial charge is 0.292 e. The molecule has 110 valence electrons. The van der Waals surface area contributed by atoms with Crippen molar-refractivity contribution in [2.24, 2.45) is 0 Å². The molecule has 0 radical (unpaired) electrons. The summed E-state index contributed by atoms with van der Waals surface area (Å²) in [7, 11) is 0. The molecule has 0 aliphatic rings. The number of alkyl halides is 1. The Morgan fingerprint density at radius 1 is 1.00 bits per heavy atom. The average Bonchev–Trinajstić information content (AvgIpc) is 3.06. The third-order valence-corrected chi connectivity index (χ3v) is 4.38. The quantitative estimate of drug-likeness (QED) is 0.486. The molecule has 0 spiro atoms. The molecule has 22 heavy (non-hydrogen) atoms. The van der Waals surface area contributed by atoms with Gasteiger partial charge in [0.15, 0.2) is 10.9 Å². The lowest BCUT2D eigenvalue weighted by molar-refractivity contribution is 0.102. The molecule has 0 aliphatic carbocycles. The zero-order valence-electron chi connectivity index (χ0n) is 11.6. The van der Waals surface area contributed by atoms with Crippen LogP contribution in [0.15, 0.2) is 66.9 Å². The first-order valence-corrected chi connectivity index (χ1v) is 8.10. The number of thiazole rings is 1. The molecule has 1 heterocycles. The van der Waals surface area contributed by atoms with Crippen molar-refractivity contribution in [3.8, 4) is 0 Å². The number of halogens is 1. The van der Waals surface area contributed by atoms with Gasteiger partial charge in [0.25, 0.3) is 0 Å². The Morgan fingerprint density at radius 3 is 2.05 bits per heavy atom. The fraction of sp³-hybridized carbons (Fsp3) is 0.0588. The van der Waals surface area contributed by atoms with Crippen LogP contribution in [0.1, 0.15) is 9.67 Å². The standard InChI is InChI=1S/C17H13ClN2OS/c18-11-15(21)16-12-19-17(22-16)20(13-7-3-1-4-8-13)14-9-5-2-6-10-14/h1-10,12H,11H2. The number of anilines is 3. The number of carbonyl (C=O) groups is 1. The SMILES string of the molecule is O=C(CCl)c1cnc(N(c2ccccc2)c2ccccc2)s1. The summed E-state index contributed by atoms with van der Waals surface area (Å²) in [4.78, 5) is 18.7. The van der Waals surface area contributed by atoms with Gasteiger partial charge in [-0.3, -0.25) is 9.69 Å². The second kappa shape index (κ2) is 6.73. The summed E-state index contributed by atoms with van der Waals surface area (Å²) in [6.07, 6.45) is 1.59. The molecule has 0 unspecified atom stereocenters. The number of aromatic nitrogens is 1. The fourth-order valence-corrected chi connectivity index (χ4v) is 3.21. The molecule has 2 aromatic carbocycles. The second-order valence-electron chi connectivity index (χ2n) is 4.57. The van der Waals surface area contributed by atoms with Crippen LogP contribution in [-0.2, 0) is 0 Å². The number of para-hydroxylation sites is 2. The number of Topliss-reactive ketones (excluding diaryl/α,β-unsaturated/α-hetero) is 1. The predicted octanol–water partition coefficient (Wildman–Crippen LogP) is 5.03. The highest BCUT2D eigenvalue weighted by Gasteiger charge is 2.17. The molecule has 0 aliphatic heterocycles. The molecule has 1 aromatic heterocycles. The van der Waals surface area contributed by atoms with Crippen molar-refractivity contribution in [3.63, 3.8) is 0 Å². The molecule has 0 bridgehead atoms. The Kier molecular flexibility index (Phi) is 4.51. The van der Waals surface area contributed by atoms with Crippen LogP contribution >= 0.6 is 22.9 Å². The average molecular weight is 329 g/mol. The van der Waals surface area contributed by atoms with E-state index in [9.17, 15) is 4.79 Å². The maximum atomic E-state index is 11.7. The van der Waals surface area contributed by atoms with E-state index >= 15 is 0 Å². The number of ketones is 1. The van der Waals surface area contributed by atoms with Gasteiger partial charge in [-0.15, -0.1) is 11.6 Å². The molecule has 0 atom stereocenters. The van der Waals surface area contributed by atoms with Gasteiger partial charge < -0.3 is 0 Å². The molecular formula is C17H13ClN2OS. The van der Waals surface area contributed by atoms with Gasteiger partial charge in [-0.2, -0.15) is 0 Å². The summed E-state index contributed by atoms with van der Waals surface area (Å²) < 4.78 is 0. The monoisotopic (exact) mass is 328 g/mol. The van der Waals surface area contributed by atoms with Crippen LogP contribution < -0.4 is 4.90 Å². The first-order chi connectivity index (χ1) is 10.8. The van der Waals surface area contributed by atoms with E-state index in [0.29, 0.717) is 4.88 Å². The first kappa shape index (κ1) is 14.8. The molecule has 3 nitrogen and oxygen atoms in total. The summed E-state index contributed by atoms with van der Waals surface area (Å²) in [6, 6.07) is 19.9. The highest BCUT2D eigenvalue weighted by atomic mass is 35.5. The van der Waals surface area contributed by atoms with Gasteiger partial charge in [0.1, 0.15) is 0 Å². The van der Waals surface area contributed by atoms with E-state index in [0.717, 1.165) is 16.5 Å². The molecule has 3 aromatic rings. The molecule has 0 saturated heterocycles. The number of hydrogen-bond acceptors (Lipinski definition) is 4. The summed E-state index contributed by atoms with van der Waals surface area (Å²) in [6.45, 7) is 0. The Balaban J connectivity index is 2.06. The summed E-state index contributed by atoms with van der Waals surface area (Å²) in [5, 5.41) is 0.742. The van der Waals surface area contributed by atoms with Crippen LogP contribution in [0.5, 0.6) is 0 Å². The lowest BCUT2D eigenvalue weighted by Gasteiger charge is -2.22. The molecule has 0 N–H and O–H groups in total. The summed E-state index contributed by atoms with van der Waals surface area (Å²) >= 11 is 6.97. The lowest BCUT2D eigenvalue weighted by atomic mass is 10.2. The van der Waals surface area contributed by atoms with Crippen LogP contribution in [0, 0.1) is 0 Å². The second-order valence-corrected chi connectivity index (χ2v) is 5.85. The van der Waals surface area contributed by atoms with Gasteiger partial charge in [-0.05, 0) is 24.3 Å². The lowest BCUT2D eigenvalue weighted by Crippen LogP contribution is -2.09. The van der Waals surface area contributed by atoms with Gasteiger partial charge in [0, 0.05) is 11.4 Å². The number of hydrogen-bond donors (Lipinski definition) is 0. The maximum absolute atomic E-state index is 11.7. The minimum absolute atomic E-state index is 0.0295. The highest BCUT2D eigenvalue weighted by molar-refractivity contribution is 7.17. The van der Waals surface area contributed by atoms with Crippen molar-refractivity contribution in [2.45, 2.75) is 0 Å². The van der Waals surface area contributed by atoms with Crippen molar-refractivity contribution in [1.82, 2.24) is 4.98 Å². The minimum atomic E-state index is -0.105. The summed E-state index contributed by atoms with van der Waals surface area (Å²) in [5.74, 6) is -0.135. The van der Waals surface area contributed by atoms with E-state index in [2.05, 4.69) is 4.98 Å². The van der Waals surface area contributed by atoms with Gasteiger partial charge in [0.2, 0.25) is 0 Å². The molecule has 3 rings (SSSR count). The van der Waals surface area contributed by atoms with Crippen LogP contribution in [0.3, 0.4) is 0 Å². The first-order valence-electron chi connectivity index (χ1n) is 6.75. The van der Waals surface area contributed by atoms with E-state index in [1.54, 1.807) is 6.20 Å². The smallest absolute Gasteiger partial charge is 0.195 e. The number of rotatable bonds is 5. The van der Waals surface area contributed by atoms with Gasteiger partial charge in [0.05, 0.1) is 17.0 Å². The maximum Gasteiger partial charge on any atom is 0.195 e. The van der Waals surface area contributed by atoms with Crippen LogP contribution in [-0.4, -0.2) is 16.6 Å². The molecule has 0 fully saturated rings. The molecule has 5 heteroatoms. The Morgan fingerprint density at radius 2 is 1.55 bits per heavy atom. The third kappa shape index (κ3) is 3.03. The van der Waals surface area contributed by atoms with Gasteiger partial charge in [-0.1, -0.05) is 47.7 Å². The Labute approximate surface area is 137 Å². The zero-order chi connectivity index (χ0) is 15.4. The van der Waals surface area contributed by atoms with Gasteiger partial charge in [-0.25, -0.2) is 4.98 Å². The van der Waals surface area contributed by atoms with E-state index in [4.69, 9.17) is 11.6 Å². The van der Waals surface area contributed by atoms with Crippen LogP contribution in [0.4, 0.5) is 16.5 Å². The Hall–Kier alpha value is -2.17. The van der Waals surface area contributed by atoms with Crippen molar-refractivity contribution in [1.29, 1.82) is 0 Å². The fourth-order valence-electron chi connectivity index (χ4n) is 2.09. The summed E-state index contributed by atoms with van der Waals surface area (Å²) in [5.41, 5.74) is 1.99. The van der Waals surface area contributed by atoms with Crippen LogP contribution in [0.2, 0.25) is 0 Å². The van der Waals surface area contributed by atoms with Crippen LogP contribution in [0.25, 0.3) is 0 Å². The van der Waals surface area contributed by atoms with Gasteiger partial charge >= 0.3 is 0 Å². The molecule has 0 amide bonds. The predicted molar refractivity (Wildman–Crippen MR) is 91.8 cm³/mol. The zero-order valence-corrected chi connectivity index (χ0v) is 13.2. The number of carbonyl (C=O) groups excluding carboxylic acids is 1. The molecule has 0 saturated carbocycles. The van der Waals surface area contributed by atoms with E-state index in [1.807, 2.05) is 65.6 Å². The topological polar surface area (TPSA) is 33.2 Å². The normalized spacial score (nSPS) is 10.4. The third-order valence-electron chi connectivity index (χ3n) is 3.11. The van der Waals surface area contributed by atoms with E-state index < -0.39 is 0 Å². The number of benzene rings is 2. The van der Waals surface area contributed by atoms with Crippen molar-refractivity contribution < 1.29 is 4.79 Å². The minimum Gasteiger partial charge on any atom is -0.292 e. The van der Waals surface area contributed by atoms with Crippen molar-refractivity contribution >= 4 is 45.2 Å². The highest BCUT2D eigenvalue weighted by Crippen LogP contribution is 2.36. The molecular weight excluding hydrogens is 316 g/mol.